The smallest absolute Gasteiger partial charge is 0.191 e. The summed E-state index contributed by atoms with van der Waals surface area (Å²) in [6.45, 7) is 9.41. The number of hydrogen-bond donors (Lipinski definition) is 3. The summed E-state index contributed by atoms with van der Waals surface area (Å²) in [4.78, 5) is 6.87. The van der Waals surface area contributed by atoms with Crippen molar-refractivity contribution in [2.75, 3.05) is 59.6 Å². The molecule has 0 saturated carbocycles. The van der Waals surface area contributed by atoms with E-state index in [4.69, 9.17) is 4.74 Å². The van der Waals surface area contributed by atoms with Gasteiger partial charge in [0.15, 0.2) is 5.96 Å². The molecule has 6 heteroatoms. The predicted molar refractivity (Wildman–Crippen MR) is 93.8 cm³/mol. The van der Waals surface area contributed by atoms with Crippen molar-refractivity contribution < 1.29 is 9.84 Å². The highest BCUT2D eigenvalue weighted by Gasteiger charge is 2.34. The van der Waals surface area contributed by atoms with Crippen molar-refractivity contribution in [3.8, 4) is 0 Å². The molecule has 0 aromatic carbocycles. The number of nitrogens with one attached hydrogen (secondary N) is 2. The van der Waals surface area contributed by atoms with Gasteiger partial charge in [0.2, 0.25) is 0 Å². The van der Waals surface area contributed by atoms with Crippen molar-refractivity contribution in [1.29, 1.82) is 0 Å². The maximum Gasteiger partial charge on any atom is 0.191 e. The summed E-state index contributed by atoms with van der Waals surface area (Å²) in [6.07, 6.45) is 4.47. The Morgan fingerprint density at radius 3 is 2.74 bits per heavy atom. The number of aliphatic imine (C=N–C) groups is 1. The van der Waals surface area contributed by atoms with Crippen LogP contribution in [0, 0.1) is 11.3 Å². The normalized spacial score (nSPS) is 27.3. The Morgan fingerprint density at radius 1 is 1.35 bits per heavy atom. The van der Waals surface area contributed by atoms with E-state index in [1.54, 1.807) is 0 Å². The summed E-state index contributed by atoms with van der Waals surface area (Å²) >= 11 is 0. The standard InChI is InChI=1S/C17H34N4O2/c1-15(12-21-7-3-4-8-21)11-19-16(18-2)20-13-17(5-9-22)6-10-23-14-17/h15,22H,3-14H2,1-2H3,(H2,18,19,20). The van der Waals surface area contributed by atoms with Crippen molar-refractivity contribution in [2.24, 2.45) is 16.3 Å². The molecule has 2 rings (SSSR count). The molecule has 3 N–H and O–H groups in total. The van der Waals surface area contributed by atoms with Crippen LogP contribution in [0.4, 0.5) is 0 Å². The minimum absolute atomic E-state index is 0.0491. The lowest BCUT2D eigenvalue weighted by molar-refractivity contribution is 0.127. The average Bonchev–Trinajstić information content (AvgIpc) is 3.20. The van der Waals surface area contributed by atoms with E-state index in [-0.39, 0.29) is 12.0 Å². The van der Waals surface area contributed by atoms with Gasteiger partial charge in [-0.3, -0.25) is 4.99 Å². The summed E-state index contributed by atoms with van der Waals surface area (Å²) in [6, 6.07) is 0. The minimum atomic E-state index is 0.0491. The van der Waals surface area contributed by atoms with Gasteiger partial charge in [0.05, 0.1) is 6.61 Å². The Bertz CT molecular complexity index is 364. The molecule has 2 unspecified atom stereocenters. The number of guanidine groups is 1. The molecule has 0 radical (unpaired) electrons. The summed E-state index contributed by atoms with van der Waals surface area (Å²) in [5.74, 6) is 1.45. The fraction of sp³-hybridized carbons (Fsp3) is 0.941. The number of aliphatic hydroxyl groups excluding tert-OH is 1. The number of ether oxygens (including phenoxy) is 1. The third kappa shape index (κ3) is 5.94. The van der Waals surface area contributed by atoms with E-state index in [1.807, 2.05) is 7.05 Å². The van der Waals surface area contributed by atoms with Crippen LogP contribution >= 0.6 is 0 Å². The third-order valence-corrected chi connectivity index (χ3v) is 5.07. The predicted octanol–water partition coefficient (Wildman–Crippen LogP) is 0.672. The zero-order valence-corrected chi connectivity index (χ0v) is 14.8. The van der Waals surface area contributed by atoms with Gasteiger partial charge in [0.1, 0.15) is 0 Å². The van der Waals surface area contributed by atoms with Gasteiger partial charge < -0.3 is 25.4 Å². The number of likely N-dealkylation sites (tertiary alicyclic amines) is 1. The summed E-state index contributed by atoms with van der Waals surface area (Å²) in [7, 11) is 1.81. The molecule has 0 amide bonds. The maximum absolute atomic E-state index is 9.29. The number of aliphatic hydroxyl groups is 1. The first-order valence-electron chi connectivity index (χ1n) is 9.03. The van der Waals surface area contributed by atoms with Gasteiger partial charge >= 0.3 is 0 Å². The van der Waals surface area contributed by atoms with Crippen LogP contribution in [0.5, 0.6) is 0 Å². The Balaban J connectivity index is 1.70. The van der Waals surface area contributed by atoms with E-state index in [1.165, 1.54) is 25.9 Å². The molecule has 0 spiro atoms. The molecule has 2 heterocycles. The highest BCUT2D eigenvalue weighted by atomic mass is 16.5. The van der Waals surface area contributed by atoms with E-state index in [0.29, 0.717) is 5.92 Å². The average molecular weight is 326 g/mol. The van der Waals surface area contributed by atoms with Crippen LogP contribution < -0.4 is 10.6 Å². The molecule has 0 aromatic heterocycles. The zero-order chi connectivity index (χ0) is 16.5. The van der Waals surface area contributed by atoms with Gasteiger partial charge in [-0.1, -0.05) is 6.92 Å². The molecule has 2 saturated heterocycles. The Labute approximate surface area is 140 Å². The summed E-state index contributed by atoms with van der Waals surface area (Å²) in [5, 5.41) is 16.1. The van der Waals surface area contributed by atoms with E-state index >= 15 is 0 Å². The minimum Gasteiger partial charge on any atom is -0.396 e. The number of hydrogen-bond acceptors (Lipinski definition) is 4. The van der Waals surface area contributed by atoms with Crippen LogP contribution in [-0.2, 0) is 4.74 Å². The molecule has 2 atom stereocenters. The van der Waals surface area contributed by atoms with E-state index < -0.39 is 0 Å². The van der Waals surface area contributed by atoms with Gasteiger partial charge in [-0.15, -0.1) is 0 Å². The van der Waals surface area contributed by atoms with Crippen molar-refractivity contribution in [3.63, 3.8) is 0 Å². The Kier molecular flexibility index (Phi) is 7.59. The van der Waals surface area contributed by atoms with Gasteiger partial charge in [0.25, 0.3) is 0 Å². The number of rotatable bonds is 8. The van der Waals surface area contributed by atoms with Crippen LogP contribution in [0.15, 0.2) is 4.99 Å². The molecule has 0 aliphatic carbocycles. The van der Waals surface area contributed by atoms with E-state index in [0.717, 1.165) is 51.6 Å². The molecule has 2 aliphatic heterocycles. The molecular weight excluding hydrogens is 292 g/mol. The molecule has 134 valence electrons. The topological polar surface area (TPSA) is 69.1 Å². The Hall–Kier alpha value is -0.850. The van der Waals surface area contributed by atoms with Gasteiger partial charge in [0, 0.05) is 45.3 Å². The van der Waals surface area contributed by atoms with E-state index in [9.17, 15) is 5.11 Å². The molecule has 0 aromatic rings. The molecule has 6 nitrogen and oxygen atoms in total. The Morgan fingerprint density at radius 2 is 2.13 bits per heavy atom. The number of nitrogens with zero attached hydrogens (tertiary/aromatic N) is 2. The second-order valence-corrected chi connectivity index (χ2v) is 7.20. The van der Waals surface area contributed by atoms with Crippen LogP contribution in [0.1, 0.15) is 32.6 Å². The maximum atomic E-state index is 9.29. The van der Waals surface area contributed by atoms with Crippen molar-refractivity contribution in [3.05, 3.63) is 0 Å². The van der Waals surface area contributed by atoms with Crippen LogP contribution in [0.2, 0.25) is 0 Å². The van der Waals surface area contributed by atoms with Gasteiger partial charge in [-0.2, -0.15) is 0 Å². The lowest BCUT2D eigenvalue weighted by Gasteiger charge is -2.28. The molecule has 2 fully saturated rings. The highest BCUT2D eigenvalue weighted by molar-refractivity contribution is 5.79. The zero-order valence-electron chi connectivity index (χ0n) is 14.8. The molecule has 23 heavy (non-hydrogen) atoms. The van der Waals surface area contributed by atoms with Crippen LogP contribution in [0.25, 0.3) is 0 Å². The lowest BCUT2D eigenvalue weighted by Crippen LogP contribution is -2.46. The monoisotopic (exact) mass is 326 g/mol. The van der Waals surface area contributed by atoms with Crippen molar-refractivity contribution in [1.82, 2.24) is 15.5 Å². The van der Waals surface area contributed by atoms with Crippen LogP contribution in [-0.4, -0.2) is 75.6 Å². The fourth-order valence-corrected chi connectivity index (χ4v) is 3.54. The first-order valence-corrected chi connectivity index (χ1v) is 9.03. The van der Waals surface area contributed by atoms with Crippen molar-refractivity contribution >= 4 is 5.96 Å². The lowest BCUT2D eigenvalue weighted by atomic mass is 9.84. The van der Waals surface area contributed by atoms with Crippen LogP contribution in [0.3, 0.4) is 0 Å². The van der Waals surface area contributed by atoms with Gasteiger partial charge in [-0.25, -0.2) is 0 Å². The first-order chi connectivity index (χ1) is 11.2. The largest absolute Gasteiger partial charge is 0.396 e. The summed E-state index contributed by atoms with van der Waals surface area (Å²) < 4.78 is 5.53. The quantitative estimate of drug-likeness (QED) is 0.452. The molecular formula is C17H34N4O2. The molecule has 0 bridgehead atoms. The molecule has 2 aliphatic rings. The summed E-state index contributed by atoms with van der Waals surface area (Å²) in [5.41, 5.74) is 0.0491. The van der Waals surface area contributed by atoms with Crippen molar-refractivity contribution in [2.45, 2.75) is 32.6 Å². The first kappa shape index (κ1) is 18.5. The third-order valence-electron chi connectivity index (χ3n) is 5.07. The second-order valence-electron chi connectivity index (χ2n) is 7.20. The fourth-order valence-electron chi connectivity index (χ4n) is 3.54. The SMILES string of the molecule is CN=C(NCC(C)CN1CCCC1)NCC1(CCO)CCOC1. The van der Waals surface area contributed by atoms with E-state index in [2.05, 4.69) is 27.4 Å². The van der Waals surface area contributed by atoms with Gasteiger partial charge in [-0.05, 0) is 44.7 Å². The second kappa shape index (κ2) is 9.45. The highest BCUT2D eigenvalue weighted by Crippen LogP contribution is 2.31.